The minimum atomic E-state index is -0.567. The fourth-order valence-corrected chi connectivity index (χ4v) is 3.79. The van der Waals surface area contributed by atoms with Crippen molar-refractivity contribution >= 4 is 5.97 Å². The third-order valence-corrected chi connectivity index (χ3v) is 5.66. The van der Waals surface area contributed by atoms with E-state index in [0.29, 0.717) is 0 Å². The topological polar surface area (TPSA) is 37.3 Å². The monoisotopic (exact) mass is 368 g/mol. The lowest BCUT2D eigenvalue weighted by atomic mass is 9.94. The second-order valence-electron chi connectivity index (χ2n) is 8.27. The van der Waals surface area contributed by atoms with Crippen LogP contribution < -0.4 is 0 Å². The van der Waals surface area contributed by atoms with E-state index < -0.39 is 5.97 Å². The van der Waals surface area contributed by atoms with Gasteiger partial charge in [-0.3, -0.25) is 4.79 Å². The lowest BCUT2D eigenvalue weighted by Gasteiger charge is -2.12. The summed E-state index contributed by atoms with van der Waals surface area (Å²) in [6, 6.07) is 0. The van der Waals surface area contributed by atoms with Gasteiger partial charge in [-0.15, -0.1) is 0 Å². The van der Waals surface area contributed by atoms with Gasteiger partial charge in [0.05, 0.1) is 5.92 Å². The van der Waals surface area contributed by atoms with Crippen molar-refractivity contribution in [3.63, 3.8) is 0 Å². The van der Waals surface area contributed by atoms with Gasteiger partial charge in [-0.05, 0) is 12.8 Å². The van der Waals surface area contributed by atoms with E-state index in [1.54, 1.807) is 0 Å². The first-order valence-electron chi connectivity index (χ1n) is 11.9. The zero-order valence-corrected chi connectivity index (χ0v) is 18.1. The smallest absolute Gasteiger partial charge is 0.306 e. The molecule has 0 aliphatic rings. The van der Waals surface area contributed by atoms with Crippen LogP contribution in [0.5, 0.6) is 0 Å². The number of hydrogen-bond donors (Lipinski definition) is 1. The number of aliphatic carboxylic acids is 1. The van der Waals surface area contributed by atoms with Crippen molar-refractivity contribution in [3.05, 3.63) is 0 Å². The molecule has 0 aliphatic heterocycles. The molecule has 156 valence electrons. The van der Waals surface area contributed by atoms with Crippen LogP contribution in [0.15, 0.2) is 0 Å². The lowest BCUT2D eigenvalue weighted by molar-refractivity contribution is -0.142. The van der Waals surface area contributed by atoms with E-state index >= 15 is 0 Å². The zero-order chi connectivity index (χ0) is 19.3. The number of carboxylic acids is 1. The summed E-state index contributed by atoms with van der Waals surface area (Å²) in [5.41, 5.74) is 0. The molecule has 0 amide bonds. The van der Waals surface area contributed by atoms with Crippen LogP contribution in [0.2, 0.25) is 0 Å². The predicted molar refractivity (Wildman–Crippen MR) is 115 cm³/mol. The highest BCUT2D eigenvalue weighted by Crippen LogP contribution is 2.20. The van der Waals surface area contributed by atoms with E-state index in [1.807, 2.05) is 0 Å². The van der Waals surface area contributed by atoms with Crippen LogP contribution in [0.1, 0.15) is 142 Å². The van der Waals surface area contributed by atoms with Gasteiger partial charge in [0.2, 0.25) is 0 Å². The Morgan fingerprint density at radius 3 is 1.08 bits per heavy atom. The molecule has 2 heteroatoms. The van der Waals surface area contributed by atoms with Crippen LogP contribution in [0.25, 0.3) is 0 Å². The molecule has 26 heavy (non-hydrogen) atoms. The lowest BCUT2D eigenvalue weighted by Crippen LogP contribution is -2.13. The second-order valence-corrected chi connectivity index (χ2v) is 8.27. The Balaban J connectivity index is 3.44. The number of hydrogen-bond acceptors (Lipinski definition) is 1. The van der Waals surface area contributed by atoms with Gasteiger partial charge in [-0.1, -0.05) is 129 Å². The Labute approximate surface area is 164 Å². The van der Waals surface area contributed by atoms with Crippen molar-refractivity contribution in [2.24, 2.45) is 5.92 Å². The van der Waals surface area contributed by atoms with Crippen molar-refractivity contribution in [3.8, 4) is 0 Å². The first-order valence-corrected chi connectivity index (χ1v) is 11.9. The molecule has 0 fully saturated rings. The minimum Gasteiger partial charge on any atom is -0.481 e. The summed E-state index contributed by atoms with van der Waals surface area (Å²) < 4.78 is 0. The van der Waals surface area contributed by atoms with Gasteiger partial charge in [0.15, 0.2) is 0 Å². The predicted octanol–water partition coefficient (Wildman–Crippen LogP) is 8.53. The largest absolute Gasteiger partial charge is 0.481 e. The summed E-state index contributed by atoms with van der Waals surface area (Å²) in [5, 5.41) is 9.41. The van der Waals surface area contributed by atoms with Crippen molar-refractivity contribution in [1.29, 1.82) is 0 Å². The summed E-state index contributed by atoms with van der Waals surface area (Å²) in [7, 11) is 0. The second kappa shape index (κ2) is 20.8. The fourth-order valence-electron chi connectivity index (χ4n) is 3.79. The number of carbonyl (C=O) groups is 1. The zero-order valence-electron chi connectivity index (χ0n) is 18.1. The van der Waals surface area contributed by atoms with E-state index in [0.717, 1.165) is 25.7 Å². The Hall–Kier alpha value is -0.530. The molecule has 2 nitrogen and oxygen atoms in total. The summed E-state index contributed by atoms with van der Waals surface area (Å²) in [6.07, 6.45) is 25.3. The standard InChI is InChI=1S/C24H48O2/c1-3-5-7-9-11-12-13-14-16-18-20-22-23(24(25)26)21-19-17-15-10-8-6-4-2/h23H,3-22H2,1-2H3,(H,25,26). The molecule has 0 radical (unpaired) electrons. The van der Waals surface area contributed by atoms with Gasteiger partial charge >= 0.3 is 5.97 Å². The fraction of sp³-hybridized carbons (Fsp3) is 0.958. The molecular formula is C24H48O2. The Morgan fingerprint density at radius 1 is 0.538 bits per heavy atom. The molecule has 1 atom stereocenters. The Kier molecular flexibility index (Phi) is 20.4. The van der Waals surface area contributed by atoms with E-state index in [1.165, 1.54) is 103 Å². The van der Waals surface area contributed by atoms with Gasteiger partial charge < -0.3 is 5.11 Å². The highest BCUT2D eigenvalue weighted by molar-refractivity contribution is 5.69. The summed E-state index contributed by atoms with van der Waals surface area (Å²) in [5.74, 6) is -0.660. The van der Waals surface area contributed by atoms with E-state index in [-0.39, 0.29) is 5.92 Å². The highest BCUT2D eigenvalue weighted by atomic mass is 16.4. The number of rotatable bonds is 21. The summed E-state index contributed by atoms with van der Waals surface area (Å²) >= 11 is 0. The van der Waals surface area contributed by atoms with Crippen LogP contribution >= 0.6 is 0 Å². The maximum Gasteiger partial charge on any atom is 0.306 e. The van der Waals surface area contributed by atoms with Crippen molar-refractivity contribution in [1.82, 2.24) is 0 Å². The van der Waals surface area contributed by atoms with Crippen LogP contribution in [-0.2, 0) is 4.79 Å². The average Bonchev–Trinajstić information content (AvgIpc) is 2.63. The van der Waals surface area contributed by atoms with Gasteiger partial charge in [0.1, 0.15) is 0 Å². The van der Waals surface area contributed by atoms with E-state index in [2.05, 4.69) is 13.8 Å². The van der Waals surface area contributed by atoms with E-state index in [4.69, 9.17) is 0 Å². The van der Waals surface area contributed by atoms with Crippen LogP contribution in [-0.4, -0.2) is 11.1 Å². The molecule has 0 rings (SSSR count). The maximum atomic E-state index is 11.4. The van der Waals surface area contributed by atoms with E-state index in [9.17, 15) is 9.90 Å². The molecule has 0 aliphatic carbocycles. The molecular weight excluding hydrogens is 320 g/mol. The van der Waals surface area contributed by atoms with Gasteiger partial charge in [0.25, 0.3) is 0 Å². The highest BCUT2D eigenvalue weighted by Gasteiger charge is 2.16. The summed E-state index contributed by atoms with van der Waals surface area (Å²) in [4.78, 5) is 11.4. The van der Waals surface area contributed by atoms with Gasteiger partial charge in [-0.2, -0.15) is 0 Å². The normalized spacial score (nSPS) is 12.4. The number of unbranched alkanes of at least 4 members (excludes halogenated alkanes) is 16. The molecule has 0 saturated carbocycles. The molecule has 0 spiro atoms. The third-order valence-electron chi connectivity index (χ3n) is 5.66. The Bertz CT molecular complexity index is 288. The minimum absolute atomic E-state index is 0.0933. The molecule has 0 aromatic rings. The maximum absolute atomic E-state index is 11.4. The molecule has 0 aromatic carbocycles. The molecule has 0 bridgehead atoms. The first kappa shape index (κ1) is 25.5. The first-order chi connectivity index (χ1) is 12.7. The van der Waals surface area contributed by atoms with Crippen LogP contribution in [0.4, 0.5) is 0 Å². The average molecular weight is 369 g/mol. The van der Waals surface area contributed by atoms with Crippen LogP contribution in [0.3, 0.4) is 0 Å². The molecule has 0 saturated heterocycles. The SMILES string of the molecule is CCCCCCCCCCCCCC(CCCCCCCCC)C(=O)O. The molecule has 1 N–H and O–H groups in total. The molecule has 0 aromatic heterocycles. The molecule has 1 unspecified atom stereocenters. The Morgan fingerprint density at radius 2 is 0.808 bits per heavy atom. The van der Waals surface area contributed by atoms with Crippen LogP contribution in [0, 0.1) is 5.92 Å². The van der Waals surface area contributed by atoms with Gasteiger partial charge in [0, 0.05) is 0 Å². The number of carboxylic acid groups (broad SMARTS) is 1. The third kappa shape index (κ3) is 18.3. The van der Waals surface area contributed by atoms with Crippen molar-refractivity contribution < 1.29 is 9.90 Å². The molecule has 0 heterocycles. The van der Waals surface area contributed by atoms with Crippen molar-refractivity contribution in [2.75, 3.05) is 0 Å². The summed E-state index contributed by atoms with van der Waals surface area (Å²) in [6.45, 7) is 4.51. The van der Waals surface area contributed by atoms with Crippen molar-refractivity contribution in [2.45, 2.75) is 142 Å². The van der Waals surface area contributed by atoms with Gasteiger partial charge in [-0.25, -0.2) is 0 Å². The quantitative estimate of drug-likeness (QED) is 0.206.